The second-order valence-electron chi connectivity index (χ2n) is 8.96. The third-order valence-electron chi connectivity index (χ3n) is 5.34. The maximum Gasteiger partial charge on any atom is 0.410 e. The molecule has 0 aliphatic carbocycles. The van der Waals surface area contributed by atoms with E-state index in [0.29, 0.717) is 37.1 Å². The van der Waals surface area contributed by atoms with Crippen LogP contribution in [0, 0.1) is 11.6 Å². The van der Waals surface area contributed by atoms with Crippen molar-refractivity contribution in [3.8, 4) is 17.0 Å². The molecule has 2 aromatic heterocycles. The van der Waals surface area contributed by atoms with Crippen molar-refractivity contribution in [3.63, 3.8) is 0 Å². The average Bonchev–Trinajstić information content (AvgIpc) is 2.84. The van der Waals surface area contributed by atoms with Gasteiger partial charge in [0.1, 0.15) is 40.2 Å². The first-order chi connectivity index (χ1) is 17.0. The van der Waals surface area contributed by atoms with Gasteiger partial charge in [0.2, 0.25) is 0 Å². The Kier molecular flexibility index (Phi) is 8.50. The van der Waals surface area contributed by atoms with E-state index in [9.17, 15) is 13.6 Å². The van der Waals surface area contributed by atoms with Crippen LogP contribution in [-0.4, -0.2) is 50.7 Å². The van der Waals surface area contributed by atoms with Gasteiger partial charge in [-0.3, -0.25) is 0 Å². The van der Waals surface area contributed by atoms with Crippen molar-refractivity contribution in [2.75, 3.05) is 18.8 Å². The van der Waals surface area contributed by atoms with E-state index >= 15 is 0 Å². The van der Waals surface area contributed by atoms with Crippen molar-refractivity contribution in [1.29, 1.82) is 0 Å². The number of hydrogen-bond acceptors (Lipinski definition) is 7. The highest BCUT2D eigenvalue weighted by molar-refractivity contribution is 6.31. The summed E-state index contributed by atoms with van der Waals surface area (Å²) in [5, 5.41) is -0.270. The molecule has 0 unspecified atom stereocenters. The first kappa shape index (κ1) is 27.3. The average molecular weight is 522 g/mol. The Bertz CT molecular complexity index is 1240. The number of pyridine rings is 1. The fraction of sp³-hybridized carbons (Fsp3) is 0.440. The van der Waals surface area contributed by atoms with Crippen molar-refractivity contribution in [3.05, 3.63) is 41.3 Å². The van der Waals surface area contributed by atoms with Crippen LogP contribution in [0.3, 0.4) is 0 Å². The Labute approximate surface area is 213 Å². The van der Waals surface area contributed by atoms with Gasteiger partial charge in [-0.05, 0) is 32.9 Å². The van der Waals surface area contributed by atoms with E-state index in [0.717, 1.165) is 6.07 Å². The molecule has 1 aliphatic heterocycles. The molecule has 0 saturated carbocycles. The first-order valence-electron chi connectivity index (χ1n) is 11.7. The summed E-state index contributed by atoms with van der Waals surface area (Å²) in [5.41, 5.74) is 5.91. The molecule has 194 valence electrons. The smallest absolute Gasteiger partial charge is 0.410 e. The number of likely N-dealkylation sites (tertiary alicyclic amines) is 1. The quantitative estimate of drug-likeness (QED) is 0.421. The van der Waals surface area contributed by atoms with Crippen LogP contribution in [0.1, 0.15) is 47.5 Å². The lowest BCUT2D eigenvalue weighted by Crippen LogP contribution is -2.44. The lowest BCUT2D eigenvalue weighted by molar-refractivity contribution is 0.0127. The van der Waals surface area contributed by atoms with Crippen molar-refractivity contribution < 1.29 is 23.0 Å². The summed E-state index contributed by atoms with van der Waals surface area (Å²) in [5.74, 6) is -1.36. The molecule has 4 rings (SSSR count). The fourth-order valence-electron chi connectivity index (χ4n) is 3.73. The number of halogens is 3. The van der Waals surface area contributed by atoms with Crippen LogP contribution < -0.4 is 10.5 Å². The third-order valence-corrected chi connectivity index (χ3v) is 5.68. The highest BCUT2D eigenvalue weighted by atomic mass is 35.5. The molecule has 0 bridgehead atoms. The van der Waals surface area contributed by atoms with Crippen molar-refractivity contribution in [2.24, 2.45) is 0 Å². The predicted molar refractivity (Wildman–Crippen MR) is 135 cm³/mol. The van der Waals surface area contributed by atoms with E-state index in [2.05, 4.69) is 15.0 Å². The van der Waals surface area contributed by atoms with Crippen molar-refractivity contribution in [2.45, 2.75) is 59.2 Å². The summed E-state index contributed by atoms with van der Waals surface area (Å²) in [6, 6.07) is 2.30. The highest BCUT2D eigenvalue weighted by Crippen LogP contribution is 2.37. The number of anilines is 1. The van der Waals surface area contributed by atoms with Crippen LogP contribution in [0.15, 0.2) is 24.7 Å². The molecule has 1 amide bonds. The van der Waals surface area contributed by atoms with Crippen LogP contribution in [0.2, 0.25) is 5.02 Å². The number of nitrogens with two attached hydrogens (primary N) is 1. The summed E-state index contributed by atoms with van der Waals surface area (Å²) in [6.07, 6.45) is 3.20. The number of nitrogen functional groups attached to an aromatic ring is 1. The van der Waals surface area contributed by atoms with E-state index < -0.39 is 22.3 Å². The van der Waals surface area contributed by atoms with Gasteiger partial charge in [-0.1, -0.05) is 25.4 Å². The maximum atomic E-state index is 14.7. The SMILES string of the molecule is CC.CC(C)(C)OC(=O)N1CCC(Oc2cnc(-c3ccc(F)c(Cl)c3F)c3ncnc(N)c23)CC1. The van der Waals surface area contributed by atoms with E-state index in [4.69, 9.17) is 26.8 Å². The molecular weight excluding hydrogens is 492 g/mol. The third kappa shape index (κ3) is 5.92. The van der Waals surface area contributed by atoms with Crippen molar-refractivity contribution in [1.82, 2.24) is 19.9 Å². The van der Waals surface area contributed by atoms with E-state index in [1.54, 1.807) is 4.90 Å². The molecule has 1 aliphatic rings. The topological polar surface area (TPSA) is 103 Å². The highest BCUT2D eigenvalue weighted by Gasteiger charge is 2.29. The van der Waals surface area contributed by atoms with Gasteiger partial charge in [0.05, 0.1) is 17.3 Å². The second kappa shape index (κ2) is 11.2. The number of carbonyl (C=O) groups excluding carboxylic acids is 1. The summed E-state index contributed by atoms with van der Waals surface area (Å²) in [7, 11) is 0. The fourth-order valence-corrected chi connectivity index (χ4v) is 3.89. The van der Waals surface area contributed by atoms with Crippen LogP contribution >= 0.6 is 11.6 Å². The Morgan fingerprint density at radius 2 is 1.81 bits per heavy atom. The number of hydrogen-bond donors (Lipinski definition) is 1. The van der Waals surface area contributed by atoms with Crippen LogP contribution in [0.4, 0.5) is 19.4 Å². The van der Waals surface area contributed by atoms with Gasteiger partial charge >= 0.3 is 6.09 Å². The zero-order chi connectivity index (χ0) is 26.6. The summed E-state index contributed by atoms with van der Waals surface area (Å²) >= 11 is 5.75. The number of benzene rings is 1. The molecule has 1 saturated heterocycles. The van der Waals surface area contributed by atoms with Crippen LogP contribution in [-0.2, 0) is 4.74 Å². The van der Waals surface area contributed by atoms with Crippen LogP contribution in [0.25, 0.3) is 22.2 Å². The van der Waals surface area contributed by atoms with E-state index in [1.807, 2.05) is 34.6 Å². The molecule has 0 radical (unpaired) electrons. The number of aromatic nitrogens is 3. The number of fused-ring (bicyclic) bond motifs is 1. The molecule has 11 heteroatoms. The van der Waals surface area contributed by atoms with Gasteiger partial charge in [0.25, 0.3) is 0 Å². The maximum absolute atomic E-state index is 14.7. The molecule has 1 fully saturated rings. The molecule has 1 aromatic carbocycles. The molecule has 3 aromatic rings. The van der Waals surface area contributed by atoms with Gasteiger partial charge in [-0.15, -0.1) is 0 Å². The van der Waals surface area contributed by atoms with Gasteiger partial charge in [-0.2, -0.15) is 0 Å². The number of piperidine rings is 1. The number of rotatable bonds is 3. The second-order valence-corrected chi connectivity index (χ2v) is 9.34. The number of amides is 1. The molecule has 0 spiro atoms. The molecule has 36 heavy (non-hydrogen) atoms. The Morgan fingerprint density at radius 1 is 1.14 bits per heavy atom. The lowest BCUT2D eigenvalue weighted by Gasteiger charge is -2.33. The Hall–Kier alpha value is -3.27. The first-order valence-corrected chi connectivity index (χ1v) is 12.1. The minimum atomic E-state index is -0.948. The molecule has 2 N–H and O–H groups in total. The standard InChI is InChI=1S/C23H24ClF2N5O3.C2H6/c1-23(2,3)34-22(32)31-8-6-12(7-9-31)33-15-10-28-19(20-16(15)21(27)30-11-29-20)13-4-5-14(25)17(24)18(13)26;1-2/h4-5,10-12H,6-9H2,1-3H3,(H2,27,29,30);1-2H3. The monoisotopic (exact) mass is 521 g/mol. The molecule has 0 atom stereocenters. The largest absolute Gasteiger partial charge is 0.488 e. The summed E-state index contributed by atoms with van der Waals surface area (Å²) < 4.78 is 39.9. The normalized spacial score (nSPS) is 14.3. The van der Waals surface area contributed by atoms with E-state index in [-0.39, 0.29) is 34.8 Å². The number of ether oxygens (including phenoxy) is 2. The zero-order valence-electron chi connectivity index (χ0n) is 20.9. The minimum absolute atomic E-state index is 0.0216. The van der Waals surface area contributed by atoms with Gasteiger partial charge in [-0.25, -0.2) is 28.5 Å². The summed E-state index contributed by atoms with van der Waals surface area (Å²) in [6.45, 7) is 10.4. The molecule has 8 nitrogen and oxygen atoms in total. The number of nitrogens with zero attached hydrogens (tertiary/aromatic N) is 4. The minimum Gasteiger partial charge on any atom is -0.488 e. The van der Waals surface area contributed by atoms with Gasteiger partial charge < -0.3 is 20.1 Å². The van der Waals surface area contributed by atoms with E-state index in [1.165, 1.54) is 18.6 Å². The molecular formula is C25H30ClF2N5O3. The van der Waals surface area contributed by atoms with Crippen molar-refractivity contribution >= 4 is 34.4 Å². The molecule has 3 heterocycles. The zero-order valence-corrected chi connectivity index (χ0v) is 21.7. The Morgan fingerprint density at radius 3 is 2.44 bits per heavy atom. The Balaban J connectivity index is 0.00000176. The predicted octanol–water partition coefficient (Wildman–Crippen LogP) is 6.01. The van der Waals surface area contributed by atoms with Gasteiger partial charge in [0, 0.05) is 31.5 Å². The lowest BCUT2D eigenvalue weighted by atomic mass is 10.1. The number of carbonyl (C=O) groups is 1. The van der Waals surface area contributed by atoms with Gasteiger partial charge in [0.15, 0.2) is 11.6 Å². The van der Waals surface area contributed by atoms with Crippen LogP contribution in [0.5, 0.6) is 5.75 Å². The summed E-state index contributed by atoms with van der Waals surface area (Å²) in [4.78, 5) is 26.5.